The average molecular weight is 379 g/mol. The summed E-state index contributed by atoms with van der Waals surface area (Å²) < 4.78 is 10.7. The molecule has 0 aliphatic rings. The maximum Gasteiger partial charge on any atom is 0.251 e. The Bertz CT molecular complexity index is 564. The molecule has 0 spiro atoms. The molecule has 1 amide bonds. The Balaban J connectivity index is 2.26. The van der Waals surface area contributed by atoms with Crippen LogP contribution in [0.5, 0.6) is 5.75 Å². The molecule has 0 bridgehead atoms. The van der Waals surface area contributed by atoms with Gasteiger partial charge in [0.05, 0.1) is 7.11 Å². The van der Waals surface area contributed by atoms with Crippen molar-refractivity contribution < 1.29 is 14.3 Å². The van der Waals surface area contributed by atoms with Gasteiger partial charge < -0.3 is 25.4 Å². The van der Waals surface area contributed by atoms with Crippen molar-refractivity contribution >= 4 is 11.9 Å². The van der Waals surface area contributed by atoms with Crippen LogP contribution in [0.4, 0.5) is 0 Å². The number of guanidine groups is 1. The van der Waals surface area contributed by atoms with E-state index in [2.05, 4.69) is 27.9 Å². The number of methoxy groups -OCH3 is 1. The quantitative estimate of drug-likeness (QED) is 0.278. The average Bonchev–Trinajstić information content (AvgIpc) is 2.70. The highest BCUT2D eigenvalue weighted by atomic mass is 16.5. The summed E-state index contributed by atoms with van der Waals surface area (Å²) in [5.41, 5.74) is 0.581. The second kappa shape index (κ2) is 14.8. The van der Waals surface area contributed by atoms with Crippen LogP contribution in [0.2, 0.25) is 0 Å². The first-order valence-corrected chi connectivity index (χ1v) is 9.73. The monoisotopic (exact) mass is 378 g/mol. The highest BCUT2D eigenvalue weighted by Gasteiger charge is 2.06. The first kappa shape index (κ1) is 22.8. The van der Waals surface area contributed by atoms with Crippen molar-refractivity contribution in [3.8, 4) is 5.75 Å². The Morgan fingerprint density at radius 3 is 2.59 bits per heavy atom. The molecule has 0 saturated heterocycles. The van der Waals surface area contributed by atoms with Crippen LogP contribution in [0.25, 0.3) is 0 Å². The van der Waals surface area contributed by atoms with Crippen LogP contribution >= 0.6 is 0 Å². The summed E-state index contributed by atoms with van der Waals surface area (Å²) in [4.78, 5) is 16.7. The van der Waals surface area contributed by atoms with Gasteiger partial charge in [-0.15, -0.1) is 0 Å². The molecule has 0 fully saturated rings. The molecule has 0 radical (unpaired) electrons. The van der Waals surface area contributed by atoms with E-state index in [9.17, 15) is 4.79 Å². The van der Waals surface area contributed by atoms with Crippen molar-refractivity contribution in [1.82, 2.24) is 16.0 Å². The minimum absolute atomic E-state index is 0.123. The second-order valence-electron chi connectivity index (χ2n) is 5.99. The predicted molar refractivity (Wildman–Crippen MR) is 110 cm³/mol. The summed E-state index contributed by atoms with van der Waals surface area (Å²) in [6.07, 6.45) is 3.16. The van der Waals surface area contributed by atoms with E-state index in [1.165, 1.54) is 0 Å². The second-order valence-corrected chi connectivity index (χ2v) is 5.99. The van der Waals surface area contributed by atoms with Gasteiger partial charge in [0.15, 0.2) is 5.96 Å². The Kier molecular flexibility index (Phi) is 12.5. The summed E-state index contributed by atoms with van der Waals surface area (Å²) in [6.45, 7) is 8.32. The maximum atomic E-state index is 12.1. The lowest BCUT2D eigenvalue weighted by Gasteiger charge is -2.12. The van der Waals surface area contributed by atoms with Gasteiger partial charge >= 0.3 is 0 Å². The molecule has 3 N–H and O–H groups in total. The van der Waals surface area contributed by atoms with Gasteiger partial charge in [-0.25, -0.2) is 0 Å². The molecule has 7 nitrogen and oxygen atoms in total. The van der Waals surface area contributed by atoms with Gasteiger partial charge in [0, 0.05) is 45.0 Å². The number of benzene rings is 1. The fourth-order valence-corrected chi connectivity index (χ4v) is 2.27. The van der Waals surface area contributed by atoms with Crippen molar-refractivity contribution in [1.29, 1.82) is 0 Å². The standard InChI is InChI=1S/C20H34N4O3/c1-4-6-14-27-15-8-11-23-20(21-5-2)24-13-12-22-19(25)17-9-7-10-18(16-17)26-3/h7,9-10,16H,4-6,8,11-15H2,1-3H3,(H,22,25)(H2,21,23,24). The fraction of sp³-hybridized carbons (Fsp3) is 0.600. The normalized spacial score (nSPS) is 11.1. The molecule has 0 aliphatic heterocycles. The van der Waals surface area contributed by atoms with Crippen LogP contribution in [0, 0.1) is 0 Å². The molecule has 0 unspecified atom stereocenters. The molecule has 1 aromatic carbocycles. The lowest BCUT2D eigenvalue weighted by atomic mass is 10.2. The van der Waals surface area contributed by atoms with E-state index in [1.807, 2.05) is 13.0 Å². The number of aliphatic imine (C=N–C) groups is 1. The van der Waals surface area contributed by atoms with Crippen molar-refractivity contribution in [2.75, 3.05) is 46.5 Å². The largest absolute Gasteiger partial charge is 0.497 e. The highest BCUT2D eigenvalue weighted by molar-refractivity contribution is 5.94. The Morgan fingerprint density at radius 2 is 1.85 bits per heavy atom. The molecule has 152 valence electrons. The third kappa shape index (κ3) is 10.5. The third-order valence-corrected chi connectivity index (χ3v) is 3.74. The zero-order valence-corrected chi connectivity index (χ0v) is 16.8. The lowest BCUT2D eigenvalue weighted by molar-refractivity contribution is 0.0954. The van der Waals surface area contributed by atoms with Crippen LogP contribution in [0.3, 0.4) is 0 Å². The molecule has 0 aliphatic carbocycles. The number of nitrogens with zero attached hydrogens (tertiary/aromatic N) is 1. The third-order valence-electron chi connectivity index (χ3n) is 3.74. The summed E-state index contributed by atoms with van der Waals surface area (Å²) in [6, 6.07) is 7.09. The first-order valence-electron chi connectivity index (χ1n) is 9.73. The van der Waals surface area contributed by atoms with Crippen LogP contribution in [-0.4, -0.2) is 58.4 Å². The molecular formula is C20H34N4O3. The number of amides is 1. The number of hydrogen-bond donors (Lipinski definition) is 3. The van der Waals surface area contributed by atoms with E-state index in [0.717, 1.165) is 45.0 Å². The van der Waals surface area contributed by atoms with E-state index in [-0.39, 0.29) is 5.91 Å². The van der Waals surface area contributed by atoms with E-state index >= 15 is 0 Å². The highest BCUT2D eigenvalue weighted by Crippen LogP contribution is 2.12. The lowest BCUT2D eigenvalue weighted by Crippen LogP contribution is -2.41. The van der Waals surface area contributed by atoms with Crippen LogP contribution in [0.1, 0.15) is 43.5 Å². The van der Waals surface area contributed by atoms with E-state index < -0.39 is 0 Å². The maximum absolute atomic E-state index is 12.1. The molecule has 0 heterocycles. The van der Waals surface area contributed by atoms with E-state index in [4.69, 9.17) is 9.47 Å². The van der Waals surface area contributed by atoms with Crippen LogP contribution in [0.15, 0.2) is 29.3 Å². The molecule has 0 saturated carbocycles. The SMILES string of the molecule is CCCCOCCCN=C(NCC)NCCNC(=O)c1cccc(OC)c1. The number of hydrogen-bond acceptors (Lipinski definition) is 4. The molecule has 0 aromatic heterocycles. The first-order chi connectivity index (χ1) is 13.2. The zero-order chi connectivity index (χ0) is 19.7. The molecule has 1 rings (SSSR count). The fourth-order valence-electron chi connectivity index (χ4n) is 2.27. The van der Waals surface area contributed by atoms with Crippen molar-refractivity contribution in [3.63, 3.8) is 0 Å². The molecular weight excluding hydrogens is 344 g/mol. The summed E-state index contributed by atoms with van der Waals surface area (Å²) >= 11 is 0. The van der Waals surface area contributed by atoms with Gasteiger partial charge in [-0.3, -0.25) is 9.79 Å². The molecule has 7 heteroatoms. The number of ether oxygens (including phenoxy) is 2. The van der Waals surface area contributed by atoms with E-state index in [0.29, 0.717) is 30.9 Å². The Morgan fingerprint density at radius 1 is 1.07 bits per heavy atom. The molecule has 0 atom stereocenters. The summed E-state index contributed by atoms with van der Waals surface area (Å²) in [5.74, 6) is 1.30. The number of carbonyl (C=O) groups excluding carboxylic acids is 1. The van der Waals surface area contributed by atoms with Gasteiger partial charge in [0.1, 0.15) is 5.75 Å². The topological polar surface area (TPSA) is 84.0 Å². The Labute approximate surface area is 162 Å². The van der Waals surface area contributed by atoms with E-state index in [1.54, 1.807) is 25.3 Å². The minimum atomic E-state index is -0.123. The number of nitrogens with one attached hydrogen (secondary N) is 3. The van der Waals surface area contributed by atoms with Gasteiger partial charge in [0.2, 0.25) is 0 Å². The van der Waals surface area contributed by atoms with Gasteiger partial charge in [-0.05, 0) is 38.0 Å². The van der Waals surface area contributed by atoms with Gasteiger partial charge in [-0.1, -0.05) is 19.4 Å². The van der Waals surface area contributed by atoms with Crippen molar-refractivity contribution in [3.05, 3.63) is 29.8 Å². The predicted octanol–water partition coefficient (Wildman–Crippen LogP) is 2.19. The molecule has 27 heavy (non-hydrogen) atoms. The number of carbonyl (C=O) groups is 1. The zero-order valence-electron chi connectivity index (χ0n) is 16.8. The smallest absolute Gasteiger partial charge is 0.251 e. The summed E-state index contributed by atoms with van der Waals surface area (Å²) in [7, 11) is 1.58. The van der Waals surface area contributed by atoms with Crippen molar-refractivity contribution in [2.24, 2.45) is 4.99 Å². The minimum Gasteiger partial charge on any atom is -0.497 e. The summed E-state index contributed by atoms with van der Waals surface area (Å²) in [5, 5.41) is 9.30. The van der Waals surface area contributed by atoms with Crippen LogP contribution in [-0.2, 0) is 4.74 Å². The number of unbranched alkanes of at least 4 members (excludes halogenated alkanes) is 1. The molecule has 1 aromatic rings. The van der Waals surface area contributed by atoms with Gasteiger partial charge in [-0.2, -0.15) is 0 Å². The van der Waals surface area contributed by atoms with Crippen LogP contribution < -0.4 is 20.7 Å². The van der Waals surface area contributed by atoms with Gasteiger partial charge in [0.25, 0.3) is 5.91 Å². The van der Waals surface area contributed by atoms with Crippen molar-refractivity contribution in [2.45, 2.75) is 33.1 Å². The Hall–Kier alpha value is -2.28. The number of rotatable bonds is 13.